The first-order chi connectivity index (χ1) is 14.6. The Hall–Kier alpha value is -2.63. The van der Waals surface area contributed by atoms with Crippen LogP contribution in [-0.4, -0.2) is 24.6 Å². The molecule has 0 atom stereocenters. The number of thiazole rings is 2. The molecule has 162 valence electrons. The molecular formula is C20H14F4N2O2S3. The van der Waals surface area contributed by atoms with E-state index in [0.717, 1.165) is 18.4 Å². The van der Waals surface area contributed by atoms with Crippen LogP contribution in [0.25, 0.3) is 21.7 Å². The molecule has 2 aromatic heterocycles. The van der Waals surface area contributed by atoms with Gasteiger partial charge < -0.3 is 0 Å². The average Bonchev–Trinajstić information content (AvgIpc) is 3.41. The van der Waals surface area contributed by atoms with Crippen molar-refractivity contribution >= 4 is 32.5 Å². The molecular weight excluding hydrogens is 472 g/mol. The van der Waals surface area contributed by atoms with Gasteiger partial charge in [-0.2, -0.15) is 13.2 Å². The van der Waals surface area contributed by atoms with Crippen molar-refractivity contribution < 1.29 is 26.0 Å². The summed E-state index contributed by atoms with van der Waals surface area (Å²) in [6, 6.07) is 10.5. The van der Waals surface area contributed by atoms with Gasteiger partial charge in [0.25, 0.3) is 0 Å². The summed E-state index contributed by atoms with van der Waals surface area (Å²) in [5, 5.41) is 0.902. The first-order valence-electron chi connectivity index (χ1n) is 8.52. The normalized spacial score (nSPS) is 11.6. The second-order valence-electron chi connectivity index (χ2n) is 6.17. The van der Waals surface area contributed by atoms with E-state index in [-0.39, 0.29) is 15.5 Å². The molecule has 0 fully saturated rings. The zero-order valence-electron chi connectivity index (χ0n) is 15.8. The van der Waals surface area contributed by atoms with Gasteiger partial charge in [0, 0.05) is 23.4 Å². The summed E-state index contributed by atoms with van der Waals surface area (Å²) in [5.41, 5.74) is 2.58. The Morgan fingerprint density at radius 1 is 0.935 bits per heavy atom. The first kappa shape index (κ1) is 23.0. The lowest BCUT2D eigenvalue weighted by Gasteiger charge is -2.04. The maximum atomic E-state index is 13.1. The molecule has 31 heavy (non-hydrogen) atoms. The number of hydrogen-bond acceptors (Lipinski definition) is 6. The molecule has 4 rings (SSSR count). The van der Waals surface area contributed by atoms with Crippen molar-refractivity contribution in [2.24, 2.45) is 0 Å². The van der Waals surface area contributed by atoms with E-state index in [4.69, 9.17) is 0 Å². The van der Waals surface area contributed by atoms with Gasteiger partial charge in [0.05, 0.1) is 21.0 Å². The molecule has 0 N–H and O–H groups in total. The monoisotopic (exact) mass is 486 g/mol. The fraction of sp³-hybridized carbons (Fsp3) is 0.100. The Balaban J connectivity index is 0.000000478. The van der Waals surface area contributed by atoms with E-state index < -0.39 is 26.8 Å². The average molecular weight is 487 g/mol. The second kappa shape index (κ2) is 9.25. The van der Waals surface area contributed by atoms with Gasteiger partial charge in [0.1, 0.15) is 5.82 Å². The van der Waals surface area contributed by atoms with Crippen molar-refractivity contribution in [1.29, 1.82) is 0 Å². The van der Waals surface area contributed by atoms with Crippen LogP contribution in [0.5, 0.6) is 0 Å². The second-order valence-corrected chi connectivity index (χ2v) is 9.94. The third kappa shape index (κ3) is 5.96. The van der Waals surface area contributed by atoms with Crippen molar-refractivity contribution in [3.63, 3.8) is 0 Å². The quantitative estimate of drug-likeness (QED) is 0.325. The summed E-state index contributed by atoms with van der Waals surface area (Å²) in [4.78, 5) is 7.71. The number of benzene rings is 2. The van der Waals surface area contributed by atoms with Gasteiger partial charge in [-0.3, -0.25) is 4.98 Å². The SMILES string of the molecule is CS(=O)(=O)c1ccc(-c2nc(C(F)(F)F)sc2-c2ccc(F)cc2)cc1.c1cscn1. The molecule has 0 aliphatic carbocycles. The van der Waals surface area contributed by atoms with Crippen LogP contribution >= 0.6 is 22.7 Å². The Morgan fingerprint density at radius 3 is 2.00 bits per heavy atom. The van der Waals surface area contributed by atoms with Crippen molar-refractivity contribution in [2.45, 2.75) is 11.1 Å². The van der Waals surface area contributed by atoms with Gasteiger partial charge in [-0.1, -0.05) is 24.3 Å². The number of hydrogen-bond donors (Lipinski definition) is 0. The van der Waals surface area contributed by atoms with Gasteiger partial charge in [-0.05, 0) is 29.8 Å². The fourth-order valence-electron chi connectivity index (χ4n) is 2.47. The zero-order chi connectivity index (χ0) is 22.6. The molecule has 0 bridgehead atoms. The van der Waals surface area contributed by atoms with Gasteiger partial charge in [-0.15, -0.1) is 22.7 Å². The van der Waals surface area contributed by atoms with Crippen LogP contribution in [0.15, 0.2) is 70.5 Å². The third-order valence-electron chi connectivity index (χ3n) is 3.88. The maximum absolute atomic E-state index is 13.1. The Labute approximate surface area is 183 Å². The van der Waals surface area contributed by atoms with Gasteiger partial charge in [0.2, 0.25) is 0 Å². The minimum atomic E-state index is -4.62. The lowest BCUT2D eigenvalue weighted by molar-refractivity contribution is -0.137. The van der Waals surface area contributed by atoms with Crippen LogP contribution in [0.3, 0.4) is 0 Å². The van der Waals surface area contributed by atoms with Crippen LogP contribution < -0.4 is 0 Å². The molecule has 0 saturated carbocycles. The highest BCUT2D eigenvalue weighted by molar-refractivity contribution is 7.90. The lowest BCUT2D eigenvalue weighted by Crippen LogP contribution is -2.03. The minimum Gasteiger partial charge on any atom is -0.253 e. The molecule has 0 spiro atoms. The Kier molecular flexibility index (Phi) is 6.87. The number of halogens is 4. The Morgan fingerprint density at radius 2 is 1.55 bits per heavy atom. The molecule has 2 heterocycles. The highest BCUT2D eigenvalue weighted by Gasteiger charge is 2.36. The smallest absolute Gasteiger partial charge is 0.253 e. The summed E-state index contributed by atoms with van der Waals surface area (Å²) < 4.78 is 75.5. The number of aromatic nitrogens is 2. The maximum Gasteiger partial charge on any atom is 0.443 e. The molecule has 0 saturated heterocycles. The summed E-state index contributed by atoms with van der Waals surface area (Å²) in [6.07, 6.45) is -1.81. The highest BCUT2D eigenvalue weighted by Crippen LogP contribution is 2.42. The van der Waals surface area contributed by atoms with Crippen LogP contribution in [0.4, 0.5) is 17.6 Å². The molecule has 11 heteroatoms. The standard InChI is InChI=1S/C17H11F4NO2S2.C3H3NS/c1-26(23,24)13-8-4-10(5-9-13)14-15(11-2-6-12(18)7-3-11)25-16(22-14)17(19,20)21;1-2-5-3-4-1/h2-9H,1H3;1-3H. The van der Waals surface area contributed by atoms with Gasteiger partial charge in [-0.25, -0.2) is 17.8 Å². The zero-order valence-corrected chi connectivity index (χ0v) is 18.2. The fourth-order valence-corrected chi connectivity index (χ4v) is 4.41. The topological polar surface area (TPSA) is 59.9 Å². The third-order valence-corrected chi connectivity index (χ3v) is 6.68. The van der Waals surface area contributed by atoms with Crippen LogP contribution in [-0.2, 0) is 16.0 Å². The number of alkyl halides is 3. The summed E-state index contributed by atoms with van der Waals surface area (Å²) in [5.74, 6) is -0.506. The van der Waals surface area contributed by atoms with Crippen molar-refractivity contribution in [2.75, 3.05) is 6.26 Å². The van der Waals surface area contributed by atoms with E-state index in [0.29, 0.717) is 22.5 Å². The van der Waals surface area contributed by atoms with E-state index in [9.17, 15) is 26.0 Å². The highest BCUT2D eigenvalue weighted by atomic mass is 32.2. The van der Waals surface area contributed by atoms with E-state index in [1.165, 1.54) is 36.4 Å². The number of nitrogens with zero attached hydrogens (tertiary/aromatic N) is 2. The van der Waals surface area contributed by atoms with Crippen molar-refractivity contribution in [1.82, 2.24) is 9.97 Å². The number of rotatable bonds is 3. The minimum absolute atomic E-state index is 0.0517. The Bertz CT molecular complexity index is 1220. The predicted octanol–water partition coefficient (Wildman–Crippen LogP) is 6.18. The summed E-state index contributed by atoms with van der Waals surface area (Å²) in [6.45, 7) is 0. The van der Waals surface area contributed by atoms with Crippen LogP contribution in [0.1, 0.15) is 5.01 Å². The molecule has 4 nitrogen and oxygen atoms in total. The van der Waals surface area contributed by atoms with E-state index >= 15 is 0 Å². The predicted molar refractivity (Wildman–Crippen MR) is 113 cm³/mol. The van der Waals surface area contributed by atoms with Crippen molar-refractivity contribution in [3.05, 3.63) is 76.4 Å². The van der Waals surface area contributed by atoms with Gasteiger partial charge >= 0.3 is 6.18 Å². The van der Waals surface area contributed by atoms with Crippen LogP contribution in [0, 0.1) is 5.82 Å². The van der Waals surface area contributed by atoms with E-state index in [2.05, 4.69) is 9.97 Å². The van der Waals surface area contributed by atoms with Crippen molar-refractivity contribution in [3.8, 4) is 21.7 Å². The molecule has 0 aliphatic heterocycles. The lowest BCUT2D eigenvalue weighted by atomic mass is 10.1. The largest absolute Gasteiger partial charge is 0.443 e. The van der Waals surface area contributed by atoms with Crippen LogP contribution in [0.2, 0.25) is 0 Å². The molecule has 4 aromatic rings. The summed E-state index contributed by atoms with van der Waals surface area (Å²) >= 11 is 2.06. The molecule has 0 aliphatic rings. The van der Waals surface area contributed by atoms with E-state index in [1.807, 2.05) is 5.38 Å². The first-order valence-corrected chi connectivity index (χ1v) is 12.2. The molecule has 0 amide bonds. The van der Waals surface area contributed by atoms with Gasteiger partial charge in [0.15, 0.2) is 14.8 Å². The van der Waals surface area contributed by atoms with E-state index in [1.54, 1.807) is 23.0 Å². The summed E-state index contributed by atoms with van der Waals surface area (Å²) in [7, 11) is -3.43. The molecule has 0 radical (unpaired) electrons. The molecule has 0 unspecified atom stereocenters. The molecule has 2 aromatic carbocycles. The number of sulfone groups is 1.